The van der Waals surface area contributed by atoms with Gasteiger partial charge in [0.05, 0.1) is 7.11 Å². The lowest BCUT2D eigenvalue weighted by Crippen LogP contribution is -2.17. The average molecular weight is 230 g/mol. The summed E-state index contributed by atoms with van der Waals surface area (Å²) in [7, 11) is 1.72. The molecule has 1 rings (SSSR count). The molecule has 0 fully saturated rings. The number of methoxy groups -OCH3 is 1. The van der Waals surface area contributed by atoms with Crippen LogP contribution >= 0.6 is 0 Å². The lowest BCUT2D eigenvalue weighted by molar-refractivity contribution is 0.388. The maximum Gasteiger partial charge on any atom is 0.130 e. The number of hydrogen-bond acceptors (Lipinski definition) is 1. The highest BCUT2D eigenvalue weighted by Gasteiger charge is 2.24. The van der Waals surface area contributed by atoms with Gasteiger partial charge in [-0.1, -0.05) is 33.4 Å². The minimum Gasteiger partial charge on any atom is -0.496 e. The Kier molecular flexibility index (Phi) is 4.20. The summed E-state index contributed by atoms with van der Waals surface area (Å²) in [4.78, 5) is 0. The van der Waals surface area contributed by atoms with E-state index >= 15 is 0 Å². The summed E-state index contributed by atoms with van der Waals surface area (Å²) in [5, 5.41) is 0. The first-order chi connectivity index (χ1) is 7.96. The molecule has 0 saturated heterocycles. The molecule has 0 aliphatic rings. The van der Waals surface area contributed by atoms with Gasteiger partial charge in [-0.3, -0.25) is 0 Å². The van der Waals surface area contributed by atoms with E-state index in [1.807, 2.05) is 6.08 Å². The topological polar surface area (TPSA) is 9.23 Å². The average Bonchev–Trinajstić information content (AvgIpc) is 2.29. The van der Waals surface area contributed by atoms with Gasteiger partial charge in [0.1, 0.15) is 5.75 Å². The summed E-state index contributed by atoms with van der Waals surface area (Å²) < 4.78 is 5.57. The molecule has 0 bridgehead atoms. The normalized spacial score (nSPS) is 10.9. The monoisotopic (exact) mass is 230 g/mol. The number of aryl methyl sites for hydroxylation is 1. The van der Waals surface area contributed by atoms with Crippen LogP contribution in [0, 0.1) is 6.92 Å². The van der Waals surface area contributed by atoms with E-state index in [1.54, 1.807) is 7.11 Å². The fourth-order valence-corrected chi connectivity index (χ4v) is 1.94. The lowest BCUT2D eigenvalue weighted by Gasteiger charge is -2.27. The highest BCUT2D eigenvalue weighted by atomic mass is 16.5. The van der Waals surface area contributed by atoms with Gasteiger partial charge in [-0.25, -0.2) is 0 Å². The van der Waals surface area contributed by atoms with Crippen LogP contribution in [0.15, 0.2) is 24.4 Å². The summed E-state index contributed by atoms with van der Waals surface area (Å²) in [5.74, 6) is 0.943. The van der Waals surface area contributed by atoms with Crippen molar-refractivity contribution in [2.24, 2.45) is 0 Å². The van der Waals surface area contributed by atoms with E-state index < -0.39 is 0 Å². The fraction of sp³-hybridized carbons (Fsp3) is 0.438. The van der Waals surface area contributed by atoms with E-state index in [-0.39, 0.29) is 5.41 Å². The van der Waals surface area contributed by atoms with Gasteiger partial charge < -0.3 is 4.74 Å². The smallest absolute Gasteiger partial charge is 0.130 e. The van der Waals surface area contributed by atoms with Crippen molar-refractivity contribution in [3.05, 3.63) is 41.1 Å². The molecule has 0 aliphatic carbocycles. The summed E-state index contributed by atoms with van der Waals surface area (Å²) in [6.07, 6.45) is 2.95. The van der Waals surface area contributed by atoms with Crippen molar-refractivity contribution >= 4 is 6.08 Å². The highest BCUT2D eigenvalue weighted by molar-refractivity contribution is 5.62. The quantitative estimate of drug-likeness (QED) is 0.692. The van der Waals surface area contributed by atoms with Crippen molar-refractivity contribution in [3.8, 4) is 5.75 Å². The van der Waals surface area contributed by atoms with Crippen LogP contribution in [-0.2, 0) is 5.41 Å². The molecule has 1 aromatic carbocycles. The third-order valence-electron chi connectivity index (χ3n) is 3.34. The van der Waals surface area contributed by atoms with E-state index in [2.05, 4.69) is 52.1 Å². The van der Waals surface area contributed by atoms with Crippen molar-refractivity contribution in [3.63, 3.8) is 0 Å². The Labute approximate surface area is 105 Å². The van der Waals surface area contributed by atoms with Crippen LogP contribution < -0.4 is 4.74 Å². The Hall–Kier alpha value is -1.46. The Balaban J connectivity index is 3.53. The first kappa shape index (κ1) is 13.6. The first-order valence-electron chi connectivity index (χ1n) is 6.01. The number of ether oxygens (including phenoxy) is 1. The third-order valence-corrected chi connectivity index (χ3v) is 3.34. The highest BCUT2D eigenvalue weighted by Crippen LogP contribution is 2.37. The number of rotatable bonds is 4. The van der Waals surface area contributed by atoms with Gasteiger partial charge in [-0.2, -0.15) is 0 Å². The van der Waals surface area contributed by atoms with Crippen LogP contribution in [0.1, 0.15) is 43.9 Å². The molecule has 1 aromatic rings. The van der Waals surface area contributed by atoms with Crippen molar-refractivity contribution in [1.29, 1.82) is 0 Å². The molecular weight excluding hydrogens is 208 g/mol. The van der Waals surface area contributed by atoms with Gasteiger partial charge in [-0.05, 0) is 36.5 Å². The van der Waals surface area contributed by atoms with Crippen LogP contribution in [0.25, 0.3) is 6.08 Å². The Morgan fingerprint density at radius 2 is 2.06 bits per heavy atom. The summed E-state index contributed by atoms with van der Waals surface area (Å²) in [6, 6.07) is 4.31. The van der Waals surface area contributed by atoms with Crippen LogP contribution in [0.4, 0.5) is 0 Å². The Morgan fingerprint density at radius 3 is 2.53 bits per heavy atom. The largest absolute Gasteiger partial charge is 0.496 e. The molecule has 0 N–H and O–H groups in total. The maximum atomic E-state index is 5.57. The molecule has 17 heavy (non-hydrogen) atoms. The Morgan fingerprint density at radius 1 is 1.41 bits per heavy atom. The van der Waals surface area contributed by atoms with E-state index in [1.165, 1.54) is 11.1 Å². The molecular formula is C16H22O. The predicted molar refractivity (Wildman–Crippen MR) is 74.7 cm³/mol. The Bertz CT molecular complexity index is 449. The van der Waals surface area contributed by atoms with Crippen LogP contribution in [-0.4, -0.2) is 7.11 Å². The second kappa shape index (κ2) is 5.25. The lowest BCUT2D eigenvalue weighted by atomic mass is 9.80. The zero-order valence-electron chi connectivity index (χ0n) is 11.6. The second-order valence-electron chi connectivity index (χ2n) is 5.02. The molecule has 0 amide bonds. The van der Waals surface area contributed by atoms with E-state index in [0.717, 1.165) is 17.7 Å². The second-order valence-corrected chi connectivity index (χ2v) is 5.02. The van der Waals surface area contributed by atoms with Gasteiger partial charge in [0.2, 0.25) is 0 Å². The number of hydrogen-bond donors (Lipinski definition) is 0. The molecule has 0 aliphatic heterocycles. The molecule has 0 radical (unpaired) electrons. The predicted octanol–water partition coefficient (Wildman–Crippen LogP) is 4.49. The van der Waals surface area contributed by atoms with E-state index in [4.69, 9.17) is 4.74 Å². The van der Waals surface area contributed by atoms with E-state index in [9.17, 15) is 0 Å². The van der Waals surface area contributed by atoms with Gasteiger partial charge in [-0.15, -0.1) is 5.73 Å². The van der Waals surface area contributed by atoms with Gasteiger partial charge in [0.15, 0.2) is 0 Å². The van der Waals surface area contributed by atoms with Gasteiger partial charge in [0.25, 0.3) is 0 Å². The minimum atomic E-state index is 0.112. The van der Waals surface area contributed by atoms with Gasteiger partial charge in [0, 0.05) is 11.1 Å². The molecule has 1 nitrogen and oxygen atoms in total. The molecule has 0 unspecified atom stereocenters. The summed E-state index contributed by atoms with van der Waals surface area (Å²) in [5.41, 5.74) is 6.49. The molecule has 0 atom stereocenters. The van der Waals surface area contributed by atoms with Crippen molar-refractivity contribution in [1.82, 2.24) is 0 Å². The molecule has 0 heterocycles. The van der Waals surface area contributed by atoms with Crippen molar-refractivity contribution in [2.75, 3.05) is 7.11 Å². The van der Waals surface area contributed by atoms with Crippen LogP contribution in [0.5, 0.6) is 5.75 Å². The molecule has 92 valence electrons. The third kappa shape index (κ3) is 2.81. The molecule has 0 saturated carbocycles. The molecule has 0 aromatic heterocycles. The first-order valence-corrected chi connectivity index (χ1v) is 6.01. The van der Waals surface area contributed by atoms with E-state index in [0.29, 0.717) is 0 Å². The molecule has 0 spiro atoms. The van der Waals surface area contributed by atoms with Crippen molar-refractivity contribution in [2.45, 2.75) is 39.5 Å². The SMILES string of the molecule is C=C=Cc1cc(C)cc(C(C)(C)CC)c1OC. The maximum absolute atomic E-state index is 5.57. The summed E-state index contributed by atoms with van der Waals surface area (Å²) in [6.45, 7) is 12.4. The van der Waals surface area contributed by atoms with Crippen molar-refractivity contribution < 1.29 is 4.74 Å². The van der Waals surface area contributed by atoms with Gasteiger partial charge >= 0.3 is 0 Å². The van der Waals surface area contributed by atoms with Crippen LogP contribution in [0.3, 0.4) is 0 Å². The summed E-state index contributed by atoms with van der Waals surface area (Å²) >= 11 is 0. The fourth-order valence-electron chi connectivity index (χ4n) is 1.94. The number of benzene rings is 1. The standard InChI is InChI=1S/C16H22O/c1-7-9-13-10-12(3)11-14(15(13)17-6)16(4,5)8-2/h9-11H,1,8H2,2-6H3. The zero-order valence-corrected chi connectivity index (χ0v) is 11.6. The minimum absolute atomic E-state index is 0.112. The van der Waals surface area contributed by atoms with Crippen LogP contribution in [0.2, 0.25) is 0 Å². The zero-order chi connectivity index (χ0) is 13.1. The molecule has 1 heteroatoms.